The Morgan fingerprint density at radius 1 is 1.30 bits per heavy atom. The summed E-state index contributed by atoms with van der Waals surface area (Å²) >= 11 is 0. The highest BCUT2D eigenvalue weighted by atomic mass is 79.9. The molecule has 1 aromatic rings. The molecular weight excluding hydrogens is 362 g/mol. The van der Waals surface area contributed by atoms with E-state index in [9.17, 15) is 9.90 Å². The van der Waals surface area contributed by atoms with Crippen LogP contribution in [0.25, 0.3) is 0 Å². The third kappa shape index (κ3) is 2.93. The Balaban J connectivity index is 0.00000156. The molecule has 2 bridgehead atoms. The fraction of sp³-hybridized carbons (Fsp3) is 0.588. The molecule has 3 aliphatic rings. The number of esters is 1. The molecule has 1 aromatic carbocycles. The van der Waals surface area contributed by atoms with E-state index in [1.54, 1.807) is 0 Å². The van der Waals surface area contributed by atoms with Crippen molar-refractivity contribution in [2.75, 3.05) is 13.7 Å². The van der Waals surface area contributed by atoms with E-state index < -0.39 is 5.92 Å². The van der Waals surface area contributed by atoms with Gasteiger partial charge in [-0.1, -0.05) is 30.3 Å². The predicted octanol–water partition coefficient (Wildman–Crippen LogP) is 1.50. The van der Waals surface area contributed by atoms with Crippen LogP contribution in [0.3, 0.4) is 0 Å². The standard InChI is InChI=1S/C17H21NO4.BrH/c1-18-13-7-11(8-14(18)16-15(13)22-16)21-17(20)12(9-19)10-5-3-2-4-6-10;/h2-6,11-16,19H,7-9H2,1H3;1H/t11?,12-,13-,14+,15+,16-;/m1./s1. The molecule has 6 atom stereocenters. The topological polar surface area (TPSA) is 62.3 Å². The van der Waals surface area contributed by atoms with Crippen molar-refractivity contribution < 1.29 is 19.4 Å². The number of nitrogens with zero attached hydrogens (tertiary/aromatic N) is 1. The van der Waals surface area contributed by atoms with E-state index in [-0.39, 0.29) is 35.7 Å². The molecule has 4 rings (SSSR count). The van der Waals surface area contributed by atoms with E-state index in [4.69, 9.17) is 9.47 Å². The average molecular weight is 384 g/mol. The summed E-state index contributed by atoms with van der Waals surface area (Å²) in [6.07, 6.45) is 2.26. The average Bonchev–Trinajstić information content (AvgIpc) is 3.27. The number of halogens is 1. The second-order valence-electron chi connectivity index (χ2n) is 6.54. The number of benzene rings is 1. The van der Waals surface area contributed by atoms with Crippen molar-refractivity contribution in [3.05, 3.63) is 35.9 Å². The minimum atomic E-state index is -0.593. The minimum Gasteiger partial charge on any atom is -0.462 e. The zero-order valence-corrected chi connectivity index (χ0v) is 14.7. The summed E-state index contributed by atoms with van der Waals surface area (Å²) < 4.78 is 11.4. The van der Waals surface area contributed by atoms with E-state index in [1.807, 2.05) is 30.3 Å². The minimum absolute atomic E-state index is 0. The number of rotatable bonds is 4. The van der Waals surface area contributed by atoms with Crippen molar-refractivity contribution in [1.29, 1.82) is 0 Å². The SMILES string of the molecule is Br.CN1[C@@H]2CC(OC(=O)[C@H](CO)c3ccccc3)C[C@H]1[C@H]1O[C@H]12. The fourth-order valence-electron chi connectivity index (χ4n) is 4.04. The molecule has 0 aromatic heterocycles. The monoisotopic (exact) mass is 383 g/mol. The molecule has 3 fully saturated rings. The summed E-state index contributed by atoms with van der Waals surface area (Å²) in [7, 11) is 2.13. The number of aliphatic hydroxyl groups excluding tert-OH is 1. The van der Waals surface area contributed by atoms with Gasteiger partial charge in [-0.2, -0.15) is 0 Å². The Hall–Kier alpha value is -0.950. The molecular formula is C17H22BrNO4. The van der Waals surface area contributed by atoms with Crippen LogP contribution >= 0.6 is 17.0 Å². The number of piperidine rings is 1. The molecule has 0 aliphatic carbocycles. The van der Waals surface area contributed by atoms with Gasteiger partial charge < -0.3 is 14.6 Å². The highest BCUT2D eigenvalue weighted by Crippen LogP contribution is 2.48. The van der Waals surface area contributed by atoms with Crippen molar-refractivity contribution in [3.8, 4) is 0 Å². The number of carbonyl (C=O) groups is 1. The molecule has 1 unspecified atom stereocenters. The van der Waals surface area contributed by atoms with E-state index in [0.717, 1.165) is 18.4 Å². The molecule has 5 nitrogen and oxygen atoms in total. The lowest BCUT2D eigenvalue weighted by atomic mass is 9.97. The van der Waals surface area contributed by atoms with Crippen LogP contribution in [0.1, 0.15) is 24.3 Å². The van der Waals surface area contributed by atoms with Crippen molar-refractivity contribution >= 4 is 23.0 Å². The van der Waals surface area contributed by atoms with Crippen LogP contribution in [0.15, 0.2) is 30.3 Å². The molecule has 0 saturated carbocycles. The molecule has 3 saturated heterocycles. The van der Waals surface area contributed by atoms with E-state index in [0.29, 0.717) is 24.3 Å². The van der Waals surface area contributed by atoms with Gasteiger partial charge in [-0.05, 0) is 12.6 Å². The summed E-state index contributed by atoms with van der Waals surface area (Å²) in [5.74, 6) is -0.915. The zero-order chi connectivity index (χ0) is 15.3. The van der Waals surface area contributed by atoms with Gasteiger partial charge in [0.1, 0.15) is 24.2 Å². The van der Waals surface area contributed by atoms with Crippen molar-refractivity contribution in [3.63, 3.8) is 0 Å². The van der Waals surface area contributed by atoms with Crippen LogP contribution in [0.5, 0.6) is 0 Å². The molecule has 1 N–H and O–H groups in total. The smallest absolute Gasteiger partial charge is 0.316 e. The maximum atomic E-state index is 12.4. The van der Waals surface area contributed by atoms with Crippen molar-refractivity contribution in [2.45, 2.75) is 49.2 Å². The summed E-state index contributed by atoms with van der Waals surface area (Å²) in [5.41, 5.74) is 0.803. The molecule has 0 radical (unpaired) electrons. The first-order chi connectivity index (χ1) is 10.7. The van der Waals surface area contributed by atoms with Crippen LogP contribution in [-0.2, 0) is 14.3 Å². The van der Waals surface area contributed by atoms with Gasteiger partial charge in [0, 0.05) is 24.9 Å². The molecule has 0 spiro atoms. The second-order valence-corrected chi connectivity index (χ2v) is 6.54. The van der Waals surface area contributed by atoms with Crippen LogP contribution < -0.4 is 0 Å². The first-order valence-corrected chi connectivity index (χ1v) is 7.92. The molecule has 6 heteroatoms. The molecule has 3 heterocycles. The Kier molecular flexibility index (Phi) is 4.78. The summed E-state index contributed by atoms with van der Waals surface area (Å²) in [6.45, 7) is -0.226. The lowest BCUT2D eigenvalue weighted by Gasteiger charge is -2.38. The van der Waals surface area contributed by atoms with Gasteiger partial charge in [-0.3, -0.25) is 9.69 Å². The summed E-state index contributed by atoms with van der Waals surface area (Å²) in [5, 5.41) is 9.56. The Morgan fingerprint density at radius 2 is 1.91 bits per heavy atom. The van der Waals surface area contributed by atoms with Gasteiger partial charge in [0.25, 0.3) is 0 Å². The number of likely N-dealkylation sites (N-methyl/N-ethyl adjacent to an activating group) is 1. The summed E-state index contributed by atoms with van der Waals surface area (Å²) in [6, 6.07) is 10.1. The normalized spacial score (nSPS) is 35.8. The Bertz CT molecular complexity index is 551. The molecule has 0 amide bonds. The van der Waals surface area contributed by atoms with Crippen LogP contribution in [0.2, 0.25) is 0 Å². The number of hydrogen-bond donors (Lipinski definition) is 1. The Morgan fingerprint density at radius 3 is 2.48 bits per heavy atom. The van der Waals surface area contributed by atoms with Crippen LogP contribution in [0.4, 0.5) is 0 Å². The molecule has 3 aliphatic heterocycles. The van der Waals surface area contributed by atoms with Crippen molar-refractivity contribution in [1.82, 2.24) is 4.90 Å². The number of aliphatic hydroxyl groups is 1. The first kappa shape index (κ1) is 16.9. The molecule has 126 valence electrons. The lowest BCUT2D eigenvalue weighted by Crippen LogP contribution is -2.48. The van der Waals surface area contributed by atoms with Gasteiger partial charge >= 0.3 is 5.97 Å². The zero-order valence-electron chi connectivity index (χ0n) is 13.0. The van der Waals surface area contributed by atoms with Gasteiger partial charge in [0.15, 0.2) is 0 Å². The highest BCUT2D eigenvalue weighted by molar-refractivity contribution is 8.93. The second kappa shape index (κ2) is 6.51. The fourth-order valence-corrected chi connectivity index (χ4v) is 4.04. The van der Waals surface area contributed by atoms with E-state index >= 15 is 0 Å². The maximum absolute atomic E-state index is 12.4. The number of ether oxygens (including phenoxy) is 2. The molecule has 23 heavy (non-hydrogen) atoms. The highest BCUT2D eigenvalue weighted by Gasteiger charge is 2.62. The predicted molar refractivity (Wildman–Crippen MR) is 89.7 cm³/mol. The number of fused-ring (bicyclic) bond motifs is 5. The van der Waals surface area contributed by atoms with E-state index in [1.165, 1.54) is 0 Å². The van der Waals surface area contributed by atoms with Crippen molar-refractivity contribution in [2.24, 2.45) is 0 Å². The van der Waals surface area contributed by atoms with Gasteiger partial charge in [0.05, 0.1) is 6.61 Å². The van der Waals surface area contributed by atoms with Crippen LogP contribution in [0, 0.1) is 0 Å². The first-order valence-electron chi connectivity index (χ1n) is 7.92. The number of carbonyl (C=O) groups excluding carboxylic acids is 1. The quantitative estimate of drug-likeness (QED) is 0.630. The van der Waals surface area contributed by atoms with E-state index in [2.05, 4.69) is 11.9 Å². The summed E-state index contributed by atoms with van der Waals surface area (Å²) in [4.78, 5) is 14.8. The maximum Gasteiger partial charge on any atom is 0.316 e. The Labute approximate surface area is 146 Å². The lowest BCUT2D eigenvalue weighted by molar-refractivity contribution is -0.156. The van der Waals surface area contributed by atoms with Crippen LogP contribution in [-0.4, -0.2) is 60.0 Å². The largest absolute Gasteiger partial charge is 0.462 e. The number of morpholine rings is 1. The number of epoxide rings is 1. The van der Waals surface area contributed by atoms with Gasteiger partial charge in [-0.25, -0.2) is 0 Å². The number of hydrogen-bond acceptors (Lipinski definition) is 5. The third-order valence-electron chi connectivity index (χ3n) is 5.33. The third-order valence-corrected chi connectivity index (χ3v) is 5.33. The van der Waals surface area contributed by atoms with Gasteiger partial charge in [-0.15, -0.1) is 17.0 Å². The van der Waals surface area contributed by atoms with Gasteiger partial charge in [0.2, 0.25) is 0 Å².